The average molecular weight is 359 g/mol. The van der Waals surface area contributed by atoms with Gasteiger partial charge in [0.05, 0.1) is 38.9 Å². The van der Waals surface area contributed by atoms with Gasteiger partial charge >= 0.3 is 0 Å². The van der Waals surface area contributed by atoms with Crippen LogP contribution in [-0.4, -0.2) is 61.0 Å². The second kappa shape index (κ2) is 7.69. The highest BCUT2D eigenvalue weighted by Gasteiger charge is 2.33. The lowest BCUT2D eigenvalue weighted by atomic mass is 10.0. The van der Waals surface area contributed by atoms with Gasteiger partial charge in [-0.25, -0.2) is 13.1 Å². The highest BCUT2D eigenvalue weighted by atomic mass is 32.2. The minimum Gasteiger partial charge on any atom is -0.493 e. The number of ether oxygens (including phenoxy) is 3. The van der Waals surface area contributed by atoms with Crippen molar-refractivity contribution in [2.24, 2.45) is 0 Å². The molecule has 1 heterocycles. The van der Waals surface area contributed by atoms with Crippen LogP contribution in [-0.2, 0) is 14.8 Å². The van der Waals surface area contributed by atoms with Gasteiger partial charge in [-0.3, -0.25) is 0 Å². The number of quaternary nitrogens is 1. The predicted molar refractivity (Wildman–Crippen MR) is 90.3 cm³/mol. The smallest absolute Gasteiger partial charge is 0.240 e. The maximum absolute atomic E-state index is 12.6. The van der Waals surface area contributed by atoms with Crippen LogP contribution in [0.15, 0.2) is 23.1 Å². The van der Waals surface area contributed by atoms with Crippen molar-refractivity contribution in [2.75, 3.05) is 47.1 Å². The van der Waals surface area contributed by atoms with Crippen molar-refractivity contribution < 1.29 is 27.5 Å². The van der Waals surface area contributed by atoms with Crippen molar-refractivity contribution in [3.63, 3.8) is 0 Å². The number of morpholine rings is 1. The van der Waals surface area contributed by atoms with Crippen LogP contribution in [0.25, 0.3) is 0 Å². The normalized spacial score (nSPS) is 16.8. The Morgan fingerprint density at radius 2 is 1.79 bits per heavy atom. The minimum absolute atomic E-state index is 0.160. The van der Waals surface area contributed by atoms with Crippen LogP contribution in [0.1, 0.15) is 13.8 Å². The molecule has 0 radical (unpaired) electrons. The third-order valence-corrected chi connectivity index (χ3v) is 5.82. The first-order valence-electron chi connectivity index (χ1n) is 7.95. The molecule has 7 nitrogen and oxygen atoms in total. The fraction of sp³-hybridized carbons (Fsp3) is 0.625. The van der Waals surface area contributed by atoms with Crippen molar-refractivity contribution in [2.45, 2.75) is 24.3 Å². The number of hydrogen-bond acceptors (Lipinski definition) is 5. The van der Waals surface area contributed by atoms with Crippen molar-refractivity contribution in [3.8, 4) is 11.5 Å². The van der Waals surface area contributed by atoms with Gasteiger partial charge in [0.25, 0.3) is 0 Å². The zero-order chi connectivity index (χ0) is 17.8. The second-order valence-corrected chi connectivity index (χ2v) is 8.21. The molecule has 1 aromatic carbocycles. The highest BCUT2D eigenvalue weighted by molar-refractivity contribution is 7.89. The van der Waals surface area contributed by atoms with E-state index in [4.69, 9.17) is 14.2 Å². The monoisotopic (exact) mass is 359 g/mol. The van der Waals surface area contributed by atoms with Crippen molar-refractivity contribution in [1.82, 2.24) is 4.72 Å². The lowest BCUT2D eigenvalue weighted by Gasteiger charge is -2.37. The van der Waals surface area contributed by atoms with E-state index in [2.05, 4.69) is 18.6 Å². The number of benzene rings is 1. The quantitative estimate of drug-likeness (QED) is 0.697. The first-order chi connectivity index (χ1) is 11.3. The molecule has 0 saturated carbocycles. The molecule has 2 N–H and O–H groups in total. The molecule has 0 unspecified atom stereocenters. The lowest BCUT2D eigenvalue weighted by Crippen LogP contribution is -3.22. The topological polar surface area (TPSA) is 78.3 Å². The summed E-state index contributed by atoms with van der Waals surface area (Å²) in [4.78, 5) is 1.50. The van der Waals surface area contributed by atoms with E-state index >= 15 is 0 Å². The Morgan fingerprint density at radius 1 is 1.17 bits per heavy atom. The molecule has 2 rings (SSSR count). The van der Waals surface area contributed by atoms with Crippen molar-refractivity contribution in [3.05, 3.63) is 18.2 Å². The summed E-state index contributed by atoms with van der Waals surface area (Å²) in [7, 11) is -0.629. The molecule has 1 aliphatic heterocycles. The summed E-state index contributed by atoms with van der Waals surface area (Å²) >= 11 is 0. The fourth-order valence-electron chi connectivity index (χ4n) is 2.76. The molecule has 1 aliphatic rings. The van der Waals surface area contributed by atoms with Crippen LogP contribution < -0.4 is 19.1 Å². The summed E-state index contributed by atoms with van der Waals surface area (Å²) < 4.78 is 43.6. The zero-order valence-electron chi connectivity index (χ0n) is 14.7. The summed E-state index contributed by atoms with van der Waals surface area (Å²) in [5.41, 5.74) is -0.215. The fourth-order valence-corrected chi connectivity index (χ4v) is 3.99. The Kier molecular flexibility index (Phi) is 6.08. The van der Waals surface area contributed by atoms with E-state index in [-0.39, 0.29) is 10.4 Å². The first kappa shape index (κ1) is 19.0. The number of rotatable bonds is 7. The van der Waals surface area contributed by atoms with Gasteiger partial charge in [-0.1, -0.05) is 0 Å². The second-order valence-electron chi connectivity index (χ2n) is 6.44. The van der Waals surface area contributed by atoms with E-state index < -0.39 is 10.0 Å². The SMILES string of the molecule is COc1ccc(S(=O)(=O)NCC(C)(C)[NH+]2CCOCC2)cc1OC. The Labute approximate surface area is 143 Å². The molecule has 0 aliphatic carbocycles. The average Bonchev–Trinajstić information content (AvgIpc) is 2.60. The molecular weight excluding hydrogens is 332 g/mol. The van der Waals surface area contributed by atoms with Crippen molar-refractivity contribution in [1.29, 1.82) is 0 Å². The van der Waals surface area contributed by atoms with E-state index in [1.165, 1.54) is 31.3 Å². The lowest BCUT2D eigenvalue weighted by molar-refractivity contribution is -0.954. The van der Waals surface area contributed by atoms with Crippen LogP contribution in [0.5, 0.6) is 11.5 Å². The molecule has 0 aromatic heterocycles. The molecule has 0 spiro atoms. The summed E-state index contributed by atoms with van der Waals surface area (Å²) in [6.45, 7) is 7.65. The molecule has 1 fully saturated rings. The van der Waals surface area contributed by atoms with E-state index in [9.17, 15) is 8.42 Å². The number of sulfonamides is 1. The molecule has 8 heteroatoms. The van der Waals surface area contributed by atoms with Gasteiger partial charge in [-0.2, -0.15) is 0 Å². The summed E-state index contributed by atoms with van der Waals surface area (Å²) in [5, 5.41) is 0. The maximum atomic E-state index is 12.6. The molecule has 24 heavy (non-hydrogen) atoms. The predicted octanol–water partition coefficient (Wildman–Crippen LogP) is -0.324. The van der Waals surface area contributed by atoms with Crippen LogP contribution in [0, 0.1) is 0 Å². The molecule has 1 saturated heterocycles. The van der Waals surface area contributed by atoms with Gasteiger partial charge in [0, 0.05) is 6.07 Å². The summed E-state index contributed by atoms with van der Waals surface area (Å²) in [6, 6.07) is 4.57. The van der Waals surface area contributed by atoms with Crippen molar-refractivity contribution >= 4 is 10.0 Å². The third kappa shape index (κ3) is 4.38. The minimum atomic E-state index is -3.62. The zero-order valence-corrected chi connectivity index (χ0v) is 15.5. The Bertz CT molecular complexity index is 654. The van der Waals surface area contributed by atoms with Crippen LogP contribution in [0.3, 0.4) is 0 Å². The molecular formula is C16H27N2O5S+. The van der Waals surface area contributed by atoms with E-state index in [0.29, 0.717) is 31.3 Å². The Morgan fingerprint density at radius 3 is 2.38 bits per heavy atom. The van der Waals surface area contributed by atoms with Crippen LogP contribution in [0.2, 0.25) is 0 Å². The summed E-state index contributed by atoms with van der Waals surface area (Å²) in [5.74, 6) is 0.882. The maximum Gasteiger partial charge on any atom is 0.240 e. The molecule has 0 amide bonds. The van der Waals surface area contributed by atoms with E-state index in [1.807, 2.05) is 0 Å². The van der Waals surface area contributed by atoms with Gasteiger partial charge in [0.15, 0.2) is 11.5 Å². The van der Waals surface area contributed by atoms with Crippen LogP contribution >= 0.6 is 0 Å². The number of methoxy groups -OCH3 is 2. The highest BCUT2D eigenvalue weighted by Crippen LogP contribution is 2.29. The van der Waals surface area contributed by atoms with Gasteiger partial charge in [0.1, 0.15) is 18.6 Å². The van der Waals surface area contributed by atoms with Gasteiger partial charge in [-0.15, -0.1) is 0 Å². The molecule has 1 aromatic rings. The largest absolute Gasteiger partial charge is 0.493 e. The van der Waals surface area contributed by atoms with Gasteiger partial charge in [0.2, 0.25) is 10.0 Å². The Hall–Kier alpha value is -1.35. The third-order valence-electron chi connectivity index (χ3n) is 4.42. The number of nitrogens with one attached hydrogen (secondary N) is 2. The molecule has 0 bridgehead atoms. The standard InChI is InChI=1S/C16H26N2O5S/c1-16(2,18-7-9-23-10-8-18)12-17-24(19,20)13-5-6-14(21-3)15(11-13)22-4/h5-6,11,17H,7-10,12H2,1-4H3/p+1. The van der Waals surface area contributed by atoms with E-state index in [1.54, 1.807) is 6.07 Å². The molecule has 136 valence electrons. The summed E-state index contributed by atoms with van der Waals surface area (Å²) in [6.07, 6.45) is 0. The number of hydrogen-bond donors (Lipinski definition) is 2. The van der Waals surface area contributed by atoms with Crippen LogP contribution in [0.4, 0.5) is 0 Å². The van der Waals surface area contributed by atoms with Gasteiger partial charge in [-0.05, 0) is 26.0 Å². The Balaban J connectivity index is 2.10. The van der Waals surface area contributed by atoms with E-state index in [0.717, 1.165) is 13.1 Å². The first-order valence-corrected chi connectivity index (χ1v) is 9.43. The van der Waals surface area contributed by atoms with Gasteiger partial charge < -0.3 is 19.1 Å². The molecule has 0 atom stereocenters.